The third-order valence-electron chi connectivity index (χ3n) is 5.35. The van der Waals surface area contributed by atoms with Crippen molar-refractivity contribution >= 4 is 29.7 Å². The van der Waals surface area contributed by atoms with E-state index in [1.165, 1.54) is 24.7 Å². The summed E-state index contributed by atoms with van der Waals surface area (Å²) in [7, 11) is 0. The van der Waals surface area contributed by atoms with Gasteiger partial charge in [0.1, 0.15) is 17.8 Å². The molecule has 1 heterocycles. The summed E-state index contributed by atoms with van der Waals surface area (Å²) in [5.74, 6) is -3.32. The number of carboxylic acids is 1. The molecule has 1 aromatic heterocycles. The highest BCUT2D eigenvalue weighted by atomic mass is 16.4. The van der Waals surface area contributed by atoms with Gasteiger partial charge in [0.05, 0.1) is 18.9 Å². The van der Waals surface area contributed by atoms with E-state index in [-0.39, 0.29) is 37.5 Å². The fourth-order valence-corrected chi connectivity index (χ4v) is 3.36. The number of carbonyl (C=O) groups is 4. The zero-order valence-corrected chi connectivity index (χ0v) is 20.6. The molecular formula is C23H33N9O6. The molecule has 15 heteroatoms. The predicted molar refractivity (Wildman–Crippen MR) is 136 cm³/mol. The molecule has 15 nitrogen and oxygen atoms in total. The first-order chi connectivity index (χ1) is 18.0. The average Bonchev–Trinajstić information content (AvgIpc) is 3.38. The Morgan fingerprint density at radius 1 is 1.03 bits per heavy atom. The summed E-state index contributed by atoms with van der Waals surface area (Å²) in [6, 6.07) is 2.73. The number of aromatic amines is 1. The van der Waals surface area contributed by atoms with Gasteiger partial charge in [-0.15, -0.1) is 0 Å². The summed E-state index contributed by atoms with van der Waals surface area (Å²) < 4.78 is 0. The number of benzene rings is 1. The van der Waals surface area contributed by atoms with Crippen LogP contribution in [0.25, 0.3) is 0 Å². The van der Waals surface area contributed by atoms with Gasteiger partial charge in [-0.3, -0.25) is 19.4 Å². The minimum atomic E-state index is -1.26. The Hall–Kier alpha value is -4.66. The summed E-state index contributed by atoms with van der Waals surface area (Å²) in [6.45, 7) is -0.244. The second kappa shape index (κ2) is 14.8. The van der Waals surface area contributed by atoms with Crippen LogP contribution in [0, 0.1) is 0 Å². The Bertz CT molecular complexity index is 1100. The van der Waals surface area contributed by atoms with E-state index < -0.39 is 48.4 Å². The first-order valence-corrected chi connectivity index (χ1v) is 11.7. The van der Waals surface area contributed by atoms with Crippen LogP contribution in [-0.4, -0.2) is 81.0 Å². The van der Waals surface area contributed by atoms with Gasteiger partial charge in [0, 0.05) is 31.3 Å². The van der Waals surface area contributed by atoms with Gasteiger partial charge in [0.25, 0.3) is 0 Å². The van der Waals surface area contributed by atoms with Crippen molar-refractivity contribution < 1.29 is 29.4 Å². The smallest absolute Gasteiger partial charge is 0.326 e. The highest BCUT2D eigenvalue weighted by Crippen LogP contribution is 2.12. The number of phenols is 1. The predicted octanol–water partition coefficient (Wildman–Crippen LogP) is -2.55. The van der Waals surface area contributed by atoms with Crippen molar-refractivity contribution in [2.24, 2.45) is 22.2 Å². The van der Waals surface area contributed by atoms with Crippen molar-refractivity contribution in [1.29, 1.82) is 0 Å². The van der Waals surface area contributed by atoms with Gasteiger partial charge in [0.15, 0.2) is 5.96 Å². The molecule has 3 atom stereocenters. The number of nitrogens with two attached hydrogens (primary N) is 3. The molecule has 0 saturated heterocycles. The molecule has 206 valence electrons. The minimum absolute atomic E-state index is 0.0290. The quantitative estimate of drug-likeness (QED) is 0.0659. The SMILES string of the molecule is NC(N)=NCCCC(N)C(=O)NC(Cc1ccc(O)cc1)C(=O)NCC(=O)NC(Cc1cnc[nH]1)C(=O)O. The monoisotopic (exact) mass is 531 g/mol. The van der Waals surface area contributed by atoms with E-state index in [1.807, 2.05) is 0 Å². The van der Waals surface area contributed by atoms with Crippen LogP contribution in [-0.2, 0) is 32.0 Å². The van der Waals surface area contributed by atoms with Crippen LogP contribution in [0.3, 0.4) is 0 Å². The first kappa shape index (κ1) is 29.6. The van der Waals surface area contributed by atoms with E-state index in [0.717, 1.165) is 0 Å². The Balaban J connectivity index is 1.99. The van der Waals surface area contributed by atoms with E-state index >= 15 is 0 Å². The largest absolute Gasteiger partial charge is 0.508 e. The number of H-pyrrole nitrogens is 1. The van der Waals surface area contributed by atoms with Crippen LogP contribution < -0.4 is 33.2 Å². The van der Waals surface area contributed by atoms with Gasteiger partial charge in [-0.2, -0.15) is 0 Å². The molecule has 0 fully saturated rings. The Morgan fingerprint density at radius 2 is 1.74 bits per heavy atom. The van der Waals surface area contributed by atoms with Crippen LogP contribution >= 0.6 is 0 Å². The Kier molecular flexibility index (Phi) is 11.5. The van der Waals surface area contributed by atoms with Gasteiger partial charge in [-0.05, 0) is 30.5 Å². The normalized spacial score (nSPS) is 13.0. The number of phenolic OH excluding ortho intramolecular Hbond substituents is 1. The number of carbonyl (C=O) groups excluding carboxylic acids is 3. The average molecular weight is 532 g/mol. The lowest BCUT2D eigenvalue weighted by molar-refractivity contribution is -0.141. The zero-order valence-electron chi connectivity index (χ0n) is 20.6. The number of amides is 3. The second-order valence-electron chi connectivity index (χ2n) is 8.44. The molecule has 0 aliphatic heterocycles. The minimum Gasteiger partial charge on any atom is -0.508 e. The fourth-order valence-electron chi connectivity index (χ4n) is 3.36. The van der Waals surface area contributed by atoms with E-state index in [2.05, 4.69) is 30.9 Å². The maximum atomic E-state index is 12.9. The third-order valence-corrected chi connectivity index (χ3v) is 5.35. The van der Waals surface area contributed by atoms with Gasteiger partial charge in [-0.25, -0.2) is 9.78 Å². The number of hydrogen-bond donors (Lipinski definition) is 9. The van der Waals surface area contributed by atoms with Crippen molar-refractivity contribution in [2.45, 2.75) is 43.8 Å². The molecule has 2 aromatic rings. The first-order valence-electron chi connectivity index (χ1n) is 11.7. The van der Waals surface area contributed by atoms with Crippen LogP contribution in [0.5, 0.6) is 5.75 Å². The molecule has 3 amide bonds. The standard InChI is InChI=1S/C23H33N9O6/c24-16(2-1-7-28-23(25)26)20(35)32-17(8-13-3-5-15(33)6-4-13)21(36)29-11-19(34)31-18(22(37)38)9-14-10-27-12-30-14/h3-6,10,12,16-18,33H,1-2,7-9,11,24H2,(H,27,30)(H,29,36)(H,31,34)(H,32,35)(H,37,38)(H4,25,26,28). The Morgan fingerprint density at radius 3 is 2.34 bits per heavy atom. The van der Waals surface area contributed by atoms with E-state index in [9.17, 15) is 29.4 Å². The van der Waals surface area contributed by atoms with E-state index in [1.54, 1.807) is 12.1 Å². The maximum Gasteiger partial charge on any atom is 0.326 e. The molecule has 12 N–H and O–H groups in total. The van der Waals surface area contributed by atoms with Crippen molar-refractivity contribution in [3.05, 3.63) is 48.0 Å². The van der Waals surface area contributed by atoms with Gasteiger partial charge < -0.3 is 48.3 Å². The van der Waals surface area contributed by atoms with E-state index in [0.29, 0.717) is 17.7 Å². The number of aliphatic carboxylic acids is 1. The molecule has 0 spiro atoms. The van der Waals surface area contributed by atoms with Crippen molar-refractivity contribution in [1.82, 2.24) is 25.9 Å². The topological polar surface area (TPSA) is 264 Å². The summed E-state index contributed by atoms with van der Waals surface area (Å²) in [4.78, 5) is 59.8. The van der Waals surface area contributed by atoms with Crippen molar-refractivity contribution in [3.8, 4) is 5.75 Å². The number of hydrogen-bond acceptors (Lipinski definition) is 8. The summed E-state index contributed by atoms with van der Waals surface area (Å²) >= 11 is 0. The van der Waals surface area contributed by atoms with Gasteiger partial charge in [-0.1, -0.05) is 12.1 Å². The maximum absolute atomic E-state index is 12.9. The molecule has 1 aromatic carbocycles. The molecule has 0 radical (unpaired) electrons. The zero-order chi connectivity index (χ0) is 28.1. The number of aliphatic imine (C=N–C) groups is 1. The molecule has 0 saturated carbocycles. The number of carboxylic acid groups (broad SMARTS) is 1. The molecule has 3 unspecified atom stereocenters. The number of aromatic nitrogens is 2. The number of nitrogens with one attached hydrogen (secondary N) is 4. The molecular weight excluding hydrogens is 498 g/mol. The highest BCUT2D eigenvalue weighted by Gasteiger charge is 2.26. The van der Waals surface area contributed by atoms with Crippen LogP contribution in [0.2, 0.25) is 0 Å². The molecule has 0 aliphatic rings. The van der Waals surface area contributed by atoms with Gasteiger partial charge >= 0.3 is 5.97 Å². The van der Waals surface area contributed by atoms with Crippen LogP contribution in [0.4, 0.5) is 0 Å². The number of rotatable bonds is 15. The lowest BCUT2D eigenvalue weighted by atomic mass is 10.0. The van der Waals surface area contributed by atoms with E-state index in [4.69, 9.17) is 17.2 Å². The van der Waals surface area contributed by atoms with Crippen LogP contribution in [0.1, 0.15) is 24.1 Å². The molecule has 2 rings (SSSR count). The molecule has 38 heavy (non-hydrogen) atoms. The van der Waals surface area contributed by atoms with Crippen molar-refractivity contribution in [3.63, 3.8) is 0 Å². The number of nitrogens with zero attached hydrogens (tertiary/aromatic N) is 2. The number of imidazole rings is 1. The van der Waals surface area contributed by atoms with Crippen LogP contribution in [0.15, 0.2) is 41.8 Å². The summed E-state index contributed by atoms with van der Waals surface area (Å²) in [5.41, 5.74) is 17.6. The fraction of sp³-hybridized carbons (Fsp3) is 0.391. The number of guanidine groups is 1. The van der Waals surface area contributed by atoms with Gasteiger partial charge in [0.2, 0.25) is 17.7 Å². The lowest BCUT2D eigenvalue weighted by Gasteiger charge is -2.21. The lowest BCUT2D eigenvalue weighted by Crippen LogP contribution is -2.54. The Labute approximate surface area is 218 Å². The molecule has 0 bridgehead atoms. The number of aromatic hydroxyl groups is 1. The second-order valence-corrected chi connectivity index (χ2v) is 8.44. The molecule has 0 aliphatic carbocycles. The summed E-state index contributed by atoms with van der Waals surface area (Å²) in [6.07, 6.45) is 3.52. The van der Waals surface area contributed by atoms with Crippen molar-refractivity contribution in [2.75, 3.05) is 13.1 Å². The third kappa shape index (κ3) is 10.5. The highest BCUT2D eigenvalue weighted by molar-refractivity contribution is 5.92. The summed E-state index contributed by atoms with van der Waals surface area (Å²) in [5, 5.41) is 26.2.